The molecule has 30 heavy (non-hydrogen) atoms. The molecule has 3 aromatic rings. The molecule has 160 valence electrons. The highest BCUT2D eigenvalue weighted by atomic mass is 35.5. The average Bonchev–Trinajstić information content (AvgIpc) is 3.10. The summed E-state index contributed by atoms with van der Waals surface area (Å²) in [6.45, 7) is 4.49. The first-order chi connectivity index (χ1) is 14.3. The molecule has 0 aliphatic heterocycles. The summed E-state index contributed by atoms with van der Waals surface area (Å²) in [6.07, 6.45) is 0. The third kappa shape index (κ3) is 4.84. The lowest BCUT2D eigenvalue weighted by molar-refractivity contribution is 0.445. The number of nitrogens with zero attached hydrogens (tertiary/aromatic N) is 4. The van der Waals surface area contributed by atoms with Gasteiger partial charge in [0.05, 0.1) is 14.9 Å². The van der Waals surface area contributed by atoms with Crippen LogP contribution in [0, 0.1) is 0 Å². The lowest BCUT2D eigenvalue weighted by Crippen LogP contribution is -2.30. The van der Waals surface area contributed by atoms with Crippen molar-refractivity contribution >= 4 is 45.0 Å². The molecule has 0 aliphatic carbocycles. The first-order valence-electron chi connectivity index (χ1n) is 9.34. The van der Waals surface area contributed by atoms with Gasteiger partial charge in [-0.2, -0.15) is 4.31 Å². The number of hydrogen-bond donors (Lipinski definition) is 0. The van der Waals surface area contributed by atoms with Gasteiger partial charge >= 0.3 is 0 Å². The van der Waals surface area contributed by atoms with Crippen LogP contribution < -0.4 is 0 Å². The number of halogens is 2. The minimum absolute atomic E-state index is 0.247. The van der Waals surface area contributed by atoms with Crippen LogP contribution >= 0.6 is 35.0 Å². The summed E-state index contributed by atoms with van der Waals surface area (Å²) in [5.41, 5.74) is 1.71. The highest BCUT2D eigenvalue weighted by Crippen LogP contribution is 2.29. The topological polar surface area (TPSA) is 68.1 Å². The van der Waals surface area contributed by atoms with E-state index in [1.807, 2.05) is 43.7 Å². The molecule has 2 aromatic carbocycles. The number of hydrogen-bond acceptors (Lipinski definition) is 5. The monoisotopic (exact) mass is 484 g/mol. The van der Waals surface area contributed by atoms with Gasteiger partial charge < -0.3 is 4.57 Å². The Labute approximate surface area is 191 Å². The summed E-state index contributed by atoms with van der Waals surface area (Å²) >= 11 is 13.6. The van der Waals surface area contributed by atoms with Gasteiger partial charge in [-0.1, -0.05) is 67.0 Å². The van der Waals surface area contributed by atoms with Crippen molar-refractivity contribution in [3.8, 4) is 11.4 Å². The molecule has 0 unspecified atom stereocenters. The Morgan fingerprint density at radius 1 is 1.03 bits per heavy atom. The maximum Gasteiger partial charge on any atom is 0.243 e. The van der Waals surface area contributed by atoms with Crippen LogP contribution in [-0.2, 0) is 22.8 Å². The van der Waals surface area contributed by atoms with E-state index in [9.17, 15) is 8.42 Å². The molecule has 1 heterocycles. The average molecular weight is 485 g/mol. The standard InChI is InChI=1S/C20H22Cl2N4O2S2/c1-4-26(5-2)30(27,28)16-8-6-7-15(12-16)19-23-24-20(25(19)3)29-13-14-9-10-17(21)18(22)11-14/h6-12H,4-5,13H2,1-3H3. The second-order valence-corrected chi connectivity index (χ2v) is 10.2. The molecule has 3 rings (SSSR count). The van der Waals surface area contributed by atoms with Crippen molar-refractivity contribution in [1.29, 1.82) is 0 Å². The molecule has 0 bridgehead atoms. The molecule has 0 amide bonds. The maximum absolute atomic E-state index is 12.8. The molecule has 10 heteroatoms. The Morgan fingerprint density at radius 3 is 2.43 bits per heavy atom. The molecule has 0 saturated heterocycles. The van der Waals surface area contributed by atoms with Gasteiger partial charge in [-0.15, -0.1) is 10.2 Å². The zero-order valence-corrected chi connectivity index (χ0v) is 20.0. The number of benzene rings is 2. The third-order valence-electron chi connectivity index (χ3n) is 4.62. The van der Waals surface area contributed by atoms with Gasteiger partial charge in [0.25, 0.3) is 0 Å². The first-order valence-corrected chi connectivity index (χ1v) is 12.5. The van der Waals surface area contributed by atoms with Crippen molar-refractivity contribution in [3.63, 3.8) is 0 Å². The van der Waals surface area contributed by atoms with E-state index in [4.69, 9.17) is 23.2 Å². The van der Waals surface area contributed by atoms with Crippen LogP contribution in [-0.4, -0.2) is 40.6 Å². The molecular weight excluding hydrogens is 463 g/mol. The lowest BCUT2D eigenvalue weighted by Gasteiger charge is -2.18. The van der Waals surface area contributed by atoms with Gasteiger partial charge in [0.1, 0.15) is 0 Å². The van der Waals surface area contributed by atoms with Crippen LogP contribution in [0.5, 0.6) is 0 Å². The summed E-state index contributed by atoms with van der Waals surface area (Å²) in [4.78, 5) is 0.247. The molecule has 0 fully saturated rings. The Bertz CT molecular complexity index is 1150. The molecule has 0 saturated carbocycles. The van der Waals surface area contributed by atoms with Crippen molar-refractivity contribution in [2.24, 2.45) is 7.05 Å². The predicted molar refractivity (Wildman–Crippen MR) is 123 cm³/mol. The Hall–Kier alpha value is -1.58. The quantitative estimate of drug-likeness (QED) is 0.415. The van der Waals surface area contributed by atoms with Gasteiger partial charge in [-0.3, -0.25) is 0 Å². The lowest BCUT2D eigenvalue weighted by atomic mass is 10.2. The van der Waals surface area contributed by atoms with Crippen LogP contribution in [0.1, 0.15) is 19.4 Å². The van der Waals surface area contributed by atoms with Gasteiger partial charge in [0, 0.05) is 31.5 Å². The zero-order valence-electron chi connectivity index (χ0n) is 16.8. The third-order valence-corrected chi connectivity index (χ3v) is 8.50. The van der Waals surface area contributed by atoms with Crippen LogP contribution in [0.15, 0.2) is 52.5 Å². The van der Waals surface area contributed by atoms with E-state index in [2.05, 4.69) is 10.2 Å². The smallest absolute Gasteiger partial charge is 0.243 e. The fourth-order valence-electron chi connectivity index (χ4n) is 2.98. The van der Waals surface area contributed by atoms with E-state index in [1.54, 1.807) is 24.3 Å². The van der Waals surface area contributed by atoms with Gasteiger partial charge in [-0.25, -0.2) is 8.42 Å². The van der Waals surface area contributed by atoms with Crippen molar-refractivity contribution < 1.29 is 8.42 Å². The second kappa shape index (κ2) is 9.70. The second-order valence-electron chi connectivity index (χ2n) is 6.52. The maximum atomic E-state index is 12.8. The molecule has 0 atom stereocenters. The summed E-state index contributed by atoms with van der Waals surface area (Å²) in [5, 5.41) is 10.3. The van der Waals surface area contributed by atoms with Crippen LogP contribution in [0.3, 0.4) is 0 Å². The van der Waals surface area contributed by atoms with Crippen LogP contribution in [0.2, 0.25) is 10.0 Å². The molecule has 0 radical (unpaired) electrons. The van der Waals surface area contributed by atoms with E-state index < -0.39 is 10.0 Å². The van der Waals surface area contributed by atoms with Crippen LogP contribution in [0.4, 0.5) is 0 Å². The van der Waals surface area contributed by atoms with Gasteiger partial charge in [0.2, 0.25) is 10.0 Å². The minimum atomic E-state index is -3.54. The van der Waals surface area contributed by atoms with Gasteiger partial charge in [0.15, 0.2) is 11.0 Å². The highest BCUT2D eigenvalue weighted by molar-refractivity contribution is 7.98. The number of rotatable bonds is 8. The number of aromatic nitrogens is 3. The normalized spacial score (nSPS) is 11.9. The van der Waals surface area contributed by atoms with Crippen molar-refractivity contribution in [1.82, 2.24) is 19.1 Å². The van der Waals surface area contributed by atoms with E-state index >= 15 is 0 Å². The number of thioether (sulfide) groups is 1. The van der Waals surface area contributed by atoms with Gasteiger partial charge in [-0.05, 0) is 29.8 Å². The zero-order chi connectivity index (χ0) is 21.9. The highest BCUT2D eigenvalue weighted by Gasteiger charge is 2.22. The van der Waals surface area contributed by atoms with Crippen molar-refractivity contribution in [2.45, 2.75) is 29.7 Å². The largest absolute Gasteiger partial charge is 0.305 e. The summed E-state index contributed by atoms with van der Waals surface area (Å²) in [6, 6.07) is 12.3. The molecular formula is C20H22Cl2N4O2S2. The predicted octanol–water partition coefficient (Wildman–Crippen LogP) is 5.11. The van der Waals surface area contributed by atoms with Crippen LogP contribution in [0.25, 0.3) is 11.4 Å². The molecule has 1 aromatic heterocycles. The summed E-state index contributed by atoms with van der Waals surface area (Å²) in [7, 11) is -1.69. The Kier molecular flexibility index (Phi) is 7.47. The van der Waals surface area contributed by atoms with E-state index in [-0.39, 0.29) is 4.90 Å². The van der Waals surface area contributed by atoms with Crippen molar-refractivity contribution in [3.05, 3.63) is 58.1 Å². The molecule has 0 aliphatic rings. The van der Waals surface area contributed by atoms with Crippen molar-refractivity contribution in [2.75, 3.05) is 13.1 Å². The van der Waals surface area contributed by atoms with E-state index in [0.29, 0.717) is 45.4 Å². The molecule has 0 spiro atoms. The minimum Gasteiger partial charge on any atom is -0.305 e. The Morgan fingerprint density at radius 2 is 1.77 bits per heavy atom. The molecule has 0 N–H and O–H groups in total. The summed E-state index contributed by atoms with van der Waals surface area (Å²) in [5.74, 6) is 1.25. The van der Waals surface area contributed by atoms with E-state index in [0.717, 1.165) is 5.56 Å². The molecule has 6 nitrogen and oxygen atoms in total. The van der Waals surface area contributed by atoms with E-state index in [1.165, 1.54) is 16.1 Å². The SMILES string of the molecule is CCN(CC)S(=O)(=O)c1cccc(-c2nnc(SCc3ccc(Cl)c(Cl)c3)n2C)c1. The number of sulfonamides is 1. The summed E-state index contributed by atoms with van der Waals surface area (Å²) < 4.78 is 29.0. The first kappa shape index (κ1) is 23.1. The fraction of sp³-hybridized carbons (Fsp3) is 0.300. The fourth-order valence-corrected chi connectivity index (χ4v) is 5.66. The Balaban J connectivity index is 1.84.